The smallest absolute Gasteiger partial charge is 0.416 e. The lowest BCUT2D eigenvalue weighted by atomic mass is 10.1. The maximum atomic E-state index is 12.9. The van der Waals surface area contributed by atoms with Crippen LogP contribution in [0.15, 0.2) is 40.1 Å². The first-order chi connectivity index (χ1) is 10.8. The monoisotopic (exact) mass is 340 g/mol. The first-order valence-electron chi connectivity index (χ1n) is 6.47. The van der Waals surface area contributed by atoms with Crippen LogP contribution in [-0.4, -0.2) is 13.1 Å². The first kappa shape index (κ1) is 15.5. The molecule has 3 rings (SSSR count). The van der Waals surface area contributed by atoms with Crippen molar-refractivity contribution in [1.29, 1.82) is 0 Å². The van der Waals surface area contributed by atoms with Crippen LogP contribution >= 0.6 is 11.8 Å². The van der Waals surface area contributed by atoms with E-state index in [9.17, 15) is 18.0 Å². The molecule has 0 saturated heterocycles. The van der Waals surface area contributed by atoms with Gasteiger partial charge in [-0.25, -0.2) is 4.79 Å². The zero-order chi connectivity index (χ0) is 16.8. The molecule has 4 nitrogen and oxygen atoms in total. The molecule has 0 saturated carbocycles. The Hall–Kier alpha value is -2.35. The number of esters is 1. The van der Waals surface area contributed by atoms with Gasteiger partial charge in [-0.05, 0) is 30.3 Å². The Balaban J connectivity index is 2.04. The summed E-state index contributed by atoms with van der Waals surface area (Å²) in [7, 11) is 1.26. The lowest BCUT2D eigenvalue weighted by Gasteiger charge is -2.24. The van der Waals surface area contributed by atoms with Gasteiger partial charge in [0.2, 0.25) is 0 Å². The number of anilines is 3. The van der Waals surface area contributed by atoms with Crippen LogP contribution < -0.4 is 11.1 Å². The maximum Gasteiger partial charge on any atom is 0.416 e. The summed E-state index contributed by atoms with van der Waals surface area (Å²) in [5, 5.41) is 3.01. The van der Waals surface area contributed by atoms with Crippen LogP contribution in [0.4, 0.5) is 30.2 Å². The molecule has 1 aliphatic rings. The number of hydrogen-bond acceptors (Lipinski definition) is 5. The van der Waals surface area contributed by atoms with Gasteiger partial charge in [-0.15, -0.1) is 0 Å². The van der Waals surface area contributed by atoms with Crippen LogP contribution in [0.2, 0.25) is 0 Å². The summed E-state index contributed by atoms with van der Waals surface area (Å²) in [6.07, 6.45) is -4.47. The SMILES string of the molecule is COC(=O)c1ccc2c(c1)Sc1cc(C(F)(F)F)cc(N)c1N2. The summed E-state index contributed by atoms with van der Waals surface area (Å²) in [5.74, 6) is -0.511. The molecule has 0 fully saturated rings. The van der Waals surface area contributed by atoms with Crippen molar-refractivity contribution in [2.45, 2.75) is 16.0 Å². The molecule has 1 aliphatic heterocycles. The Morgan fingerprint density at radius 2 is 1.96 bits per heavy atom. The van der Waals surface area contributed by atoms with Gasteiger partial charge in [-0.2, -0.15) is 13.2 Å². The molecule has 8 heteroatoms. The van der Waals surface area contributed by atoms with Crippen LogP contribution in [0, 0.1) is 0 Å². The molecule has 0 radical (unpaired) electrons. The van der Waals surface area contributed by atoms with Gasteiger partial charge in [0.05, 0.1) is 35.3 Å². The number of nitrogens with one attached hydrogen (secondary N) is 1. The third-order valence-corrected chi connectivity index (χ3v) is 4.44. The molecule has 120 valence electrons. The molecule has 2 aromatic carbocycles. The third-order valence-electron chi connectivity index (χ3n) is 3.34. The van der Waals surface area contributed by atoms with E-state index >= 15 is 0 Å². The number of benzene rings is 2. The van der Waals surface area contributed by atoms with E-state index in [1.165, 1.54) is 7.11 Å². The van der Waals surface area contributed by atoms with Gasteiger partial charge in [-0.3, -0.25) is 0 Å². The van der Waals surface area contributed by atoms with Crippen molar-refractivity contribution in [2.75, 3.05) is 18.2 Å². The molecule has 0 unspecified atom stereocenters. The quantitative estimate of drug-likeness (QED) is 0.511. The fourth-order valence-corrected chi connectivity index (χ4v) is 3.33. The molecular weight excluding hydrogens is 329 g/mol. The van der Waals surface area contributed by atoms with Crippen molar-refractivity contribution < 1.29 is 22.7 Å². The maximum absolute atomic E-state index is 12.9. The number of hydrogen-bond donors (Lipinski definition) is 2. The topological polar surface area (TPSA) is 64.3 Å². The van der Waals surface area contributed by atoms with Gasteiger partial charge >= 0.3 is 12.1 Å². The second kappa shape index (κ2) is 5.38. The van der Waals surface area contributed by atoms with Crippen molar-refractivity contribution in [3.05, 3.63) is 41.5 Å². The Morgan fingerprint density at radius 1 is 1.22 bits per heavy atom. The minimum absolute atomic E-state index is 0.0185. The normalized spacial score (nSPS) is 12.9. The van der Waals surface area contributed by atoms with Gasteiger partial charge in [0, 0.05) is 9.79 Å². The number of methoxy groups -OCH3 is 1. The summed E-state index contributed by atoms with van der Waals surface area (Å²) >= 11 is 1.12. The molecule has 3 N–H and O–H groups in total. The van der Waals surface area contributed by atoms with Crippen molar-refractivity contribution in [3.63, 3.8) is 0 Å². The highest BCUT2D eigenvalue weighted by Gasteiger charge is 2.33. The van der Waals surface area contributed by atoms with E-state index in [4.69, 9.17) is 5.73 Å². The average molecular weight is 340 g/mol. The van der Waals surface area contributed by atoms with Gasteiger partial charge in [0.15, 0.2) is 0 Å². The third kappa shape index (κ3) is 2.81. The second-order valence-electron chi connectivity index (χ2n) is 4.87. The number of nitrogens with two attached hydrogens (primary N) is 1. The number of carbonyl (C=O) groups is 1. The first-order valence-corrected chi connectivity index (χ1v) is 7.29. The second-order valence-corrected chi connectivity index (χ2v) is 5.95. The molecule has 1 heterocycles. The van der Waals surface area contributed by atoms with Crippen molar-refractivity contribution >= 4 is 34.8 Å². The predicted octanol–water partition coefficient (Wildman–Crippen LogP) is 4.28. The highest BCUT2D eigenvalue weighted by Crippen LogP contribution is 2.48. The highest BCUT2D eigenvalue weighted by atomic mass is 32.2. The molecule has 0 aromatic heterocycles. The highest BCUT2D eigenvalue weighted by molar-refractivity contribution is 7.99. The van der Waals surface area contributed by atoms with Gasteiger partial charge in [-0.1, -0.05) is 11.8 Å². The molecule has 2 aromatic rings. The van der Waals surface area contributed by atoms with Crippen LogP contribution in [0.25, 0.3) is 0 Å². The van der Waals surface area contributed by atoms with Crippen LogP contribution in [0.5, 0.6) is 0 Å². The van der Waals surface area contributed by atoms with E-state index in [1.807, 2.05) is 0 Å². The molecule has 23 heavy (non-hydrogen) atoms. The van der Waals surface area contributed by atoms with Crippen molar-refractivity contribution in [2.24, 2.45) is 0 Å². The molecule has 0 bridgehead atoms. The van der Waals surface area contributed by atoms with Crippen molar-refractivity contribution in [1.82, 2.24) is 0 Å². The van der Waals surface area contributed by atoms with E-state index in [0.29, 0.717) is 26.7 Å². The summed E-state index contributed by atoms with van der Waals surface area (Å²) in [6, 6.07) is 6.74. The number of nitrogen functional groups attached to an aromatic ring is 1. The molecular formula is C15H11F3N2O2S. The molecule has 0 atom stereocenters. The zero-order valence-electron chi connectivity index (χ0n) is 11.8. The Labute approximate surface area is 133 Å². The number of carbonyl (C=O) groups excluding carboxylic acids is 1. The Bertz CT molecular complexity index is 806. The average Bonchev–Trinajstić information content (AvgIpc) is 2.51. The van der Waals surface area contributed by atoms with E-state index in [-0.39, 0.29) is 5.69 Å². The number of rotatable bonds is 1. The number of fused-ring (bicyclic) bond motifs is 2. The molecule has 0 amide bonds. The van der Waals surface area contributed by atoms with Crippen LogP contribution in [-0.2, 0) is 10.9 Å². The molecule has 0 aliphatic carbocycles. The Kier molecular flexibility index (Phi) is 3.63. The van der Waals surface area contributed by atoms with E-state index in [0.717, 1.165) is 23.9 Å². The largest absolute Gasteiger partial charge is 0.465 e. The molecule has 0 spiro atoms. The fourth-order valence-electron chi connectivity index (χ4n) is 2.22. The lowest BCUT2D eigenvalue weighted by molar-refractivity contribution is -0.137. The number of alkyl halides is 3. The standard InChI is InChI=1S/C15H11F3N2O2S/c1-22-14(21)7-2-3-10-11(4-7)23-12-6-8(15(16,17)18)5-9(19)13(12)20-10/h2-6,20H,19H2,1H3. The summed E-state index contributed by atoms with van der Waals surface area (Å²) in [6.45, 7) is 0. The minimum atomic E-state index is -4.47. The van der Waals surface area contributed by atoms with Crippen LogP contribution in [0.3, 0.4) is 0 Å². The van der Waals surface area contributed by atoms with Gasteiger partial charge < -0.3 is 15.8 Å². The lowest BCUT2D eigenvalue weighted by Crippen LogP contribution is -2.10. The van der Waals surface area contributed by atoms with Crippen molar-refractivity contribution in [3.8, 4) is 0 Å². The summed E-state index contributed by atoms with van der Waals surface area (Å²) in [5.41, 5.74) is 6.38. The fraction of sp³-hybridized carbons (Fsp3) is 0.133. The summed E-state index contributed by atoms with van der Waals surface area (Å²) in [4.78, 5) is 12.5. The van der Waals surface area contributed by atoms with E-state index < -0.39 is 17.7 Å². The summed E-state index contributed by atoms with van der Waals surface area (Å²) < 4.78 is 43.4. The number of halogens is 3. The Morgan fingerprint density at radius 3 is 2.61 bits per heavy atom. The number of ether oxygens (including phenoxy) is 1. The van der Waals surface area contributed by atoms with E-state index in [1.54, 1.807) is 18.2 Å². The van der Waals surface area contributed by atoms with Gasteiger partial charge in [0.1, 0.15) is 0 Å². The predicted molar refractivity (Wildman–Crippen MR) is 81.0 cm³/mol. The minimum Gasteiger partial charge on any atom is -0.465 e. The van der Waals surface area contributed by atoms with Gasteiger partial charge in [0.25, 0.3) is 0 Å². The zero-order valence-corrected chi connectivity index (χ0v) is 12.6. The van der Waals surface area contributed by atoms with E-state index in [2.05, 4.69) is 10.1 Å². The van der Waals surface area contributed by atoms with Crippen LogP contribution in [0.1, 0.15) is 15.9 Å².